The Morgan fingerprint density at radius 3 is 2.04 bits per heavy atom. The van der Waals surface area contributed by atoms with Crippen molar-refractivity contribution in [3.8, 4) is 5.75 Å². The standard InChI is InChI=1S/C27H29N5O13/c1-31(19(24(39)40)10-21(34)35)23(38)20(13-43-14-33)32(11-22(36)37)27(42)44-12-15-2-8-18(9-3-15)45-25(41)16-4-6-17(7-5-16)30-26(28)29/h2-9,14,19-20H,10-13H2,1H3,(H,34,35)(H,36,37)(H,39,40)(H4,28,29,30)/t19-,20?/m0/s1. The molecule has 240 valence electrons. The number of carboxylic acids is 3. The topological polar surface area (TPSA) is 279 Å². The summed E-state index contributed by atoms with van der Waals surface area (Å²) in [5.74, 6) is -6.79. The van der Waals surface area contributed by atoms with Gasteiger partial charge in [-0.25, -0.2) is 19.4 Å². The zero-order valence-electron chi connectivity index (χ0n) is 23.6. The fraction of sp³-hybridized carbons (Fsp3) is 0.259. The number of benzene rings is 2. The largest absolute Gasteiger partial charge is 0.481 e. The van der Waals surface area contributed by atoms with Crippen molar-refractivity contribution >= 4 is 54.0 Å². The van der Waals surface area contributed by atoms with Crippen LogP contribution in [0.25, 0.3) is 0 Å². The number of guanidine groups is 1. The Hall–Kier alpha value is -6.20. The first-order chi connectivity index (χ1) is 21.2. The van der Waals surface area contributed by atoms with E-state index in [-0.39, 0.29) is 23.7 Å². The van der Waals surface area contributed by atoms with E-state index in [4.69, 9.17) is 26.0 Å². The van der Waals surface area contributed by atoms with Gasteiger partial charge in [0.15, 0.2) is 5.96 Å². The predicted molar refractivity (Wildman–Crippen MR) is 150 cm³/mol. The third-order valence-electron chi connectivity index (χ3n) is 5.85. The lowest BCUT2D eigenvalue weighted by molar-refractivity contribution is -0.156. The summed E-state index contributed by atoms with van der Waals surface area (Å²) < 4.78 is 15.0. The molecular weight excluding hydrogens is 602 g/mol. The van der Waals surface area contributed by atoms with Gasteiger partial charge in [-0.15, -0.1) is 0 Å². The maximum absolute atomic E-state index is 13.1. The SMILES string of the molecule is CN(C(=O)C(COC=O)N(CC(=O)O)C(=O)OCc1ccc(OC(=O)c2ccc(N=C(N)N)cc2)cc1)[C@@H](CC(=O)O)C(=O)O. The van der Waals surface area contributed by atoms with Crippen molar-refractivity contribution in [1.29, 1.82) is 0 Å². The van der Waals surface area contributed by atoms with E-state index in [2.05, 4.69) is 9.73 Å². The molecular formula is C27H29N5O13. The minimum Gasteiger partial charge on any atom is -0.481 e. The van der Waals surface area contributed by atoms with Crippen molar-refractivity contribution < 1.29 is 63.1 Å². The van der Waals surface area contributed by atoms with Crippen molar-refractivity contribution in [3.63, 3.8) is 0 Å². The van der Waals surface area contributed by atoms with Crippen LogP contribution in [0.2, 0.25) is 0 Å². The quantitative estimate of drug-likeness (QED) is 0.0525. The lowest BCUT2D eigenvalue weighted by Crippen LogP contribution is -2.57. The molecule has 0 saturated heterocycles. The number of hydrogen-bond acceptors (Lipinski definition) is 11. The van der Waals surface area contributed by atoms with Gasteiger partial charge in [-0.05, 0) is 42.0 Å². The summed E-state index contributed by atoms with van der Waals surface area (Å²) in [6.45, 7) is -2.58. The molecule has 0 saturated carbocycles. The zero-order valence-corrected chi connectivity index (χ0v) is 23.6. The molecule has 0 radical (unpaired) electrons. The van der Waals surface area contributed by atoms with E-state index >= 15 is 0 Å². The van der Waals surface area contributed by atoms with Crippen molar-refractivity contribution in [3.05, 3.63) is 59.7 Å². The number of rotatable bonds is 16. The van der Waals surface area contributed by atoms with Gasteiger partial charge in [-0.1, -0.05) is 12.1 Å². The molecule has 0 spiro atoms. The van der Waals surface area contributed by atoms with Crippen LogP contribution in [0.15, 0.2) is 53.5 Å². The molecule has 2 atom stereocenters. The molecule has 2 amide bonds. The summed E-state index contributed by atoms with van der Waals surface area (Å²) in [5, 5.41) is 27.7. The summed E-state index contributed by atoms with van der Waals surface area (Å²) in [4.78, 5) is 88.2. The van der Waals surface area contributed by atoms with Crippen molar-refractivity contribution in [2.24, 2.45) is 16.5 Å². The first kappa shape index (κ1) is 35.0. The summed E-state index contributed by atoms with van der Waals surface area (Å²) in [7, 11) is 0.929. The van der Waals surface area contributed by atoms with Crippen LogP contribution < -0.4 is 16.2 Å². The van der Waals surface area contributed by atoms with Crippen LogP contribution in [0.3, 0.4) is 0 Å². The lowest BCUT2D eigenvalue weighted by atomic mass is 10.1. The molecule has 0 fully saturated rings. The molecule has 45 heavy (non-hydrogen) atoms. The maximum atomic E-state index is 13.1. The molecule has 0 aliphatic carbocycles. The Bertz CT molecular complexity index is 1440. The molecule has 0 aliphatic heterocycles. The summed E-state index contributed by atoms with van der Waals surface area (Å²) in [5.41, 5.74) is 11.6. The molecule has 1 unspecified atom stereocenters. The van der Waals surface area contributed by atoms with Crippen LogP contribution in [0, 0.1) is 0 Å². The molecule has 2 rings (SSSR count). The fourth-order valence-corrected chi connectivity index (χ4v) is 3.69. The average molecular weight is 632 g/mol. The summed E-state index contributed by atoms with van der Waals surface area (Å²) in [6.07, 6.45) is -2.37. The number of carbonyl (C=O) groups is 7. The van der Waals surface area contributed by atoms with Crippen LogP contribution in [0.4, 0.5) is 10.5 Å². The highest BCUT2D eigenvalue weighted by atomic mass is 16.6. The van der Waals surface area contributed by atoms with Gasteiger partial charge in [-0.3, -0.25) is 24.1 Å². The Balaban J connectivity index is 2.15. The van der Waals surface area contributed by atoms with Gasteiger partial charge in [0.05, 0.1) is 17.7 Å². The highest BCUT2D eigenvalue weighted by molar-refractivity contribution is 5.92. The fourth-order valence-electron chi connectivity index (χ4n) is 3.69. The van der Waals surface area contributed by atoms with Gasteiger partial charge >= 0.3 is 30.0 Å². The predicted octanol–water partition coefficient (Wildman–Crippen LogP) is -0.238. The number of aliphatic carboxylic acids is 3. The van der Waals surface area contributed by atoms with Crippen LogP contribution in [-0.4, -0.2) is 106 Å². The molecule has 0 aromatic heterocycles. The Labute approximate surface area is 254 Å². The third-order valence-corrected chi connectivity index (χ3v) is 5.85. The highest BCUT2D eigenvalue weighted by Gasteiger charge is 2.39. The summed E-state index contributed by atoms with van der Waals surface area (Å²) in [6, 6.07) is 7.74. The highest BCUT2D eigenvalue weighted by Crippen LogP contribution is 2.18. The number of nitrogens with two attached hydrogens (primary N) is 2. The number of nitrogens with zero attached hydrogens (tertiary/aromatic N) is 3. The normalized spacial score (nSPS) is 11.6. The van der Waals surface area contributed by atoms with Crippen molar-refractivity contribution in [1.82, 2.24) is 9.80 Å². The number of amides is 2. The average Bonchev–Trinajstić information content (AvgIpc) is 2.98. The first-order valence-electron chi connectivity index (χ1n) is 12.7. The van der Waals surface area contributed by atoms with Gasteiger partial charge in [0.25, 0.3) is 6.47 Å². The van der Waals surface area contributed by atoms with Gasteiger partial charge in [-0.2, -0.15) is 0 Å². The molecule has 2 aromatic rings. The maximum Gasteiger partial charge on any atom is 0.411 e. The monoisotopic (exact) mass is 631 g/mol. The Kier molecular flexibility index (Phi) is 12.8. The van der Waals surface area contributed by atoms with Gasteiger partial charge in [0.1, 0.15) is 37.6 Å². The van der Waals surface area contributed by atoms with Crippen LogP contribution in [-0.2, 0) is 40.1 Å². The number of likely N-dealkylation sites (N-methyl/N-ethyl adjacent to an activating group) is 1. The molecule has 18 heteroatoms. The van der Waals surface area contributed by atoms with Gasteiger partial charge in [0.2, 0.25) is 5.91 Å². The van der Waals surface area contributed by atoms with E-state index < -0.39 is 74.1 Å². The second kappa shape index (κ2) is 16.4. The van der Waals surface area contributed by atoms with Gasteiger partial charge < -0.3 is 45.9 Å². The number of aliphatic imine (C=N–C) groups is 1. The molecule has 7 N–H and O–H groups in total. The van der Waals surface area contributed by atoms with Crippen molar-refractivity contribution in [2.75, 3.05) is 20.2 Å². The number of carbonyl (C=O) groups excluding carboxylic acids is 4. The molecule has 0 bridgehead atoms. The Morgan fingerprint density at radius 2 is 1.53 bits per heavy atom. The second-order valence-corrected chi connectivity index (χ2v) is 9.04. The van der Waals surface area contributed by atoms with E-state index in [1.807, 2.05) is 0 Å². The second-order valence-electron chi connectivity index (χ2n) is 9.04. The van der Waals surface area contributed by atoms with E-state index in [9.17, 15) is 43.8 Å². The lowest BCUT2D eigenvalue weighted by Gasteiger charge is -2.33. The van der Waals surface area contributed by atoms with Gasteiger partial charge in [0, 0.05) is 7.05 Å². The molecule has 2 aromatic carbocycles. The minimum absolute atomic E-state index is 0.0907. The van der Waals surface area contributed by atoms with Crippen LogP contribution in [0.5, 0.6) is 5.75 Å². The Morgan fingerprint density at radius 1 is 0.911 bits per heavy atom. The van der Waals surface area contributed by atoms with E-state index in [0.717, 1.165) is 7.05 Å². The smallest absolute Gasteiger partial charge is 0.411 e. The summed E-state index contributed by atoms with van der Waals surface area (Å²) >= 11 is 0. The number of esters is 1. The number of ether oxygens (including phenoxy) is 3. The number of carboxylic acid groups (broad SMARTS) is 3. The van der Waals surface area contributed by atoms with E-state index in [1.54, 1.807) is 0 Å². The zero-order chi connectivity index (χ0) is 33.7. The molecule has 18 nitrogen and oxygen atoms in total. The first-order valence-corrected chi connectivity index (χ1v) is 12.7. The van der Waals surface area contributed by atoms with E-state index in [0.29, 0.717) is 21.1 Å². The van der Waals surface area contributed by atoms with Crippen molar-refractivity contribution in [2.45, 2.75) is 25.1 Å². The molecule has 0 aliphatic rings. The molecule has 0 heterocycles. The van der Waals surface area contributed by atoms with E-state index in [1.165, 1.54) is 48.5 Å². The third kappa shape index (κ3) is 10.9. The number of hydrogen-bond donors (Lipinski definition) is 5. The minimum atomic E-state index is -1.90. The van der Waals surface area contributed by atoms with Crippen LogP contribution >= 0.6 is 0 Å². The van der Waals surface area contributed by atoms with Crippen LogP contribution in [0.1, 0.15) is 22.3 Å².